The highest BCUT2D eigenvalue weighted by Crippen LogP contribution is 2.24. The summed E-state index contributed by atoms with van der Waals surface area (Å²) in [5.74, 6) is -1.59. The Balaban J connectivity index is 2.20. The fourth-order valence-electron chi connectivity index (χ4n) is 2.31. The third kappa shape index (κ3) is 4.06. The lowest BCUT2D eigenvalue weighted by molar-refractivity contribution is -0.147. The Labute approximate surface area is 132 Å². The molecule has 0 aliphatic carbocycles. The van der Waals surface area contributed by atoms with Gasteiger partial charge < -0.3 is 20.1 Å². The van der Waals surface area contributed by atoms with Crippen molar-refractivity contribution in [2.24, 2.45) is 0 Å². The van der Waals surface area contributed by atoms with Crippen LogP contribution in [0.25, 0.3) is 10.8 Å². The van der Waals surface area contributed by atoms with E-state index in [1.807, 2.05) is 0 Å². The maximum absolute atomic E-state index is 11.4. The largest absolute Gasteiger partial charge is 0.478 e. The second-order valence-corrected chi connectivity index (χ2v) is 5.15. The quantitative estimate of drug-likeness (QED) is 0.703. The zero-order chi connectivity index (χ0) is 17.0. The number of aromatic carboxylic acids is 1. The van der Waals surface area contributed by atoms with Gasteiger partial charge in [0.1, 0.15) is 6.10 Å². The molecule has 2 atom stereocenters. The van der Waals surface area contributed by atoms with Crippen molar-refractivity contribution in [2.45, 2.75) is 25.6 Å². The first kappa shape index (κ1) is 16.9. The maximum Gasteiger partial charge on any atom is 0.335 e. The van der Waals surface area contributed by atoms with Crippen LogP contribution >= 0.6 is 0 Å². The normalized spacial score (nSPS) is 13.5. The van der Waals surface area contributed by atoms with Gasteiger partial charge in [0, 0.05) is 0 Å². The third-order valence-electron chi connectivity index (χ3n) is 3.50. The van der Waals surface area contributed by atoms with Crippen molar-refractivity contribution in [2.75, 3.05) is 6.61 Å². The van der Waals surface area contributed by atoms with E-state index < -0.39 is 24.1 Å². The number of hydrogen-bond acceptors (Lipinski definition) is 5. The Hall–Kier alpha value is -2.44. The van der Waals surface area contributed by atoms with Crippen molar-refractivity contribution >= 4 is 22.7 Å². The van der Waals surface area contributed by atoms with Crippen LogP contribution in [0, 0.1) is 0 Å². The molecule has 2 aromatic carbocycles. The summed E-state index contributed by atoms with van der Waals surface area (Å²) in [4.78, 5) is 22.3. The number of carbonyl (C=O) groups excluding carboxylic acids is 1. The third-order valence-corrected chi connectivity index (χ3v) is 3.50. The van der Waals surface area contributed by atoms with E-state index in [1.165, 1.54) is 12.1 Å². The second-order valence-electron chi connectivity index (χ2n) is 5.15. The number of carboxylic acid groups (broad SMARTS) is 1. The summed E-state index contributed by atoms with van der Waals surface area (Å²) < 4.78 is 4.74. The van der Waals surface area contributed by atoms with Gasteiger partial charge in [-0.15, -0.1) is 0 Å². The van der Waals surface area contributed by atoms with Gasteiger partial charge in [-0.3, -0.25) is 4.79 Å². The lowest BCUT2D eigenvalue weighted by Gasteiger charge is -2.18. The molecule has 0 heterocycles. The van der Waals surface area contributed by atoms with Crippen LogP contribution in [0.4, 0.5) is 0 Å². The molecule has 0 radical (unpaired) electrons. The van der Waals surface area contributed by atoms with Crippen LogP contribution in [0.5, 0.6) is 0 Å². The van der Waals surface area contributed by atoms with Crippen LogP contribution < -0.4 is 0 Å². The van der Waals surface area contributed by atoms with Crippen LogP contribution in [0.1, 0.15) is 35.4 Å². The van der Waals surface area contributed by atoms with E-state index >= 15 is 0 Å². The summed E-state index contributed by atoms with van der Waals surface area (Å²) in [6.07, 6.45) is -2.81. The molecule has 122 valence electrons. The van der Waals surface area contributed by atoms with Crippen LogP contribution in [-0.4, -0.2) is 40.0 Å². The molecule has 0 saturated carbocycles. The molecule has 23 heavy (non-hydrogen) atoms. The summed E-state index contributed by atoms with van der Waals surface area (Å²) >= 11 is 0. The molecule has 2 unspecified atom stereocenters. The molecule has 3 N–H and O–H groups in total. The topological polar surface area (TPSA) is 104 Å². The first-order valence-corrected chi connectivity index (χ1v) is 7.21. The number of ether oxygens (including phenoxy) is 1. The average Bonchev–Trinajstić information content (AvgIpc) is 2.53. The van der Waals surface area contributed by atoms with E-state index in [0.717, 1.165) is 5.39 Å². The molecule has 0 fully saturated rings. The average molecular weight is 318 g/mol. The second kappa shape index (κ2) is 7.21. The Kier molecular flexibility index (Phi) is 5.31. The molecule has 2 aromatic rings. The van der Waals surface area contributed by atoms with Gasteiger partial charge in [0.25, 0.3) is 0 Å². The van der Waals surface area contributed by atoms with Crippen molar-refractivity contribution in [3.05, 3.63) is 47.5 Å². The van der Waals surface area contributed by atoms with Gasteiger partial charge in [-0.05, 0) is 41.5 Å². The smallest absolute Gasteiger partial charge is 0.335 e. The van der Waals surface area contributed by atoms with Gasteiger partial charge in [0.2, 0.25) is 0 Å². The number of fused-ring (bicyclic) bond motifs is 1. The predicted molar refractivity (Wildman–Crippen MR) is 83.1 cm³/mol. The highest BCUT2D eigenvalue weighted by molar-refractivity contribution is 5.94. The fraction of sp³-hybridized carbons (Fsp3) is 0.294. The Morgan fingerprint density at radius 1 is 1.09 bits per heavy atom. The number of rotatable bonds is 6. The van der Waals surface area contributed by atoms with Gasteiger partial charge in [-0.2, -0.15) is 0 Å². The van der Waals surface area contributed by atoms with Crippen LogP contribution in [0.3, 0.4) is 0 Å². The fourth-order valence-corrected chi connectivity index (χ4v) is 2.31. The number of esters is 1. The molecular weight excluding hydrogens is 300 g/mol. The summed E-state index contributed by atoms with van der Waals surface area (Å²) in [6, 6.07) is 9.54. The highest BCUT2D eigenvalue weighted by atomic mass is 16.5. The van der Waals surface area contributed by atoms with Crippen molar-refractivity contribution in [1.29, 1.82) is 0 Å². The molecule has 0 aliphatic heterocycles. The summed E-state index contributed by atoms with van der Waals surface area (Å²) in [5, 5.41) is 30.5. The number of hydrogen-bond donors (Lipinski definition) is 3. The highest BCUT2D eigenvalue weighted by Gasteiger charge is 2.22. The molecule has 0 aliphatic rings. The van der Waals surface area contributed by atoms with Gasteiger partial charge in [0.05, 0.1) is 24.7 Å². The van der Waals surface area contributed by atoms with Gasteiger partial charge >= 0.3 is 11.9 Å². The number of carboxylic acids is 1. The van der Waals surface area contributed by atoms with Crippen LogP contribution in [0.15, 0.2) is 36.4 Å². The molecule has 0 amide bonds. The summed E-state index contributed by atoms with van der Waals surface area (Å²) in [5.41, 5.74) is 0.616. The number of benzene rings is 2. The molecule has 0 saturated heterocycles. The zero-order valence-electron chi connectivity index (χ0n) is 12.6. The first-order chi connectivity index (χ1) is 10.9. The Bertz CT molecular complexity index is 724. The Morgan fingerprint density at radius 3 is 2.39 bits per heavy atom. The van der Waals surface area contributed by atoms with Crippen molar-refractivity contribution in [1.82, 2.24) is 0 Å². The molecule has 6 nitrogen and oxygen atoms in total. The first-order valence-electron chi connectivity index (χ1n) is 7.21. The predicted octanol–water partition coefficient (Wildman–Crippen LogP) is 1.89. The lowest BCUT2D eigenvalue weighted by Crippen LogP contribution is -2.23. The minimum absolute atomic E-state index is 0.174. The minimum Gasteiger partial charge on any atom is -0.478 e. The summed E-state index contributed by atoms with van der Waals surface area (Å²) in [7, 11) is 0. The lowest BCUT2D eigenvalue weighted by atomic mass is 9.98. The molecule has 0 aromatic heterocycles. The van der Waals surface area contributed by atoms with E-state index in [0.29, 0.717) is 10.9 Å². The molecule has 0 bridgehead atoms. The van der Waals surface area contributed by atoms with Gasteiger partial charge in [0.15, 0.2) is 0 Å². The minimum atomic E-state index is -1.27. The van der Waals surface area contributed by atoms with Gasteiger partial charge in [-0.25, -0.2) is 4.79 Å². The number of aliphatic hydroxyl groups is 2. The molecular formula is C17H18O6. The summed E-state index contributed by atoms with van der Waals surface area (Å²) in [6.45, 7) is 1.87. The van der Waals surface area contributed by atoms with Crippen molar-refractivity contribution < 1.29 is 29.6 Å². The maximum atomic E-state index is 11.4. The number of aliphatic hydroxyl groups excluding tert-OH is 2. The molecule has 6 heteroatoms. The van der Waals surface area contributed by atoms with E-state index in [-0.39, 0.29) is 18.6 Å². The van der Waals surface area contributed by atoms with Gasteiger partial charge in [-0.1, -0.05) is 18.2 Å². The van der Waals surface area contributed by atoms with E-state index in [9.17, 15) is 19.8 Å². The van der Waals surface area contributed by atoms with E-state index in [1.54, 1.807) is 31.2 Å². The van der Waals surface area contributed by atoms with Crippen LogP contribution in [0.2, 0.25) is 0 Å². The molecule has 2 rings (SSSR count). The Morgan fingerprint density at radius 2 is 1.74 bits per heavy atom. The zero-order valence-corrected chi connectivity index (χ0v) is 12.6. The standard InChI is InChI=1S/C17H18O6/c1-2-23-15(19)9-14(18)16(20)12-5-3-11-8-13(17(21)22)6-4-10(11)7-12/h3-8,14,16,18,20H,2,9H2,1H3,(H,21,22). The van der Waals surface area contributed by atoms with E-state index in [4.69, 9.17) is 9.84 Å². The SMILES string of the molecule is CCOC(=O)CC(O)C(O)c1ccc2cc(C(=O)O)ccc2c1. The van der Waals surface area contributed by atoms with Crippen molar-refractivity contribution in [3.8, 4) is 0 Å². The van der Waals surface area contributed by atoms with Crippen LogP contribution in [-0.2, 0) is 9.53 Å². The van der Waals surface area contributed by atoms with Crippen molar-refractivity contribution in [3.63, 3.8) is 0 Å². The monoisotopic (exact) mass is 318 g/mol. The molecule has 0 spiro atoms. The number of carbonyl (C=O) groups is 2. The van der Waals surface area contributed by atoms with E-state index in [2.05, 4.69) is 0 Å².